The minimum atomic E-state index is -0.760. The molecule has 0 aliphatic carbocycles. The second-order valence-corrected chi connectivity index (χ2v) is 5.44. The van der Waals surface area contributed by atoms with Crippen molar-refractivity contribution in [3.05, 3.63) is 42.2 Å². The van der Waals surface area contributed by atoms with Gasteiger partial charge in [-0.25, -0.2) is 0 Å². The molecule has 0 saturated heterocycles. The summed E-state index contributed by atoms with van der Waals surface area (Å²) in [4.78, 5) is 10.5. The molecule has 1 aromatic heterocycles. The van der Waals surface area contributed by atoms with Crippen LogP contribution in [0.3, 0.4) is 0 Å². The molecule has 0 unspecified atom stereocenters. The molecule has 0 spiro atoms. The van der Waals surface area contributed by atoms with Gasteiger partial charge in [-0.15, -0.1) is 0 Å². The average Bonchev–Trinajstić information content (AvgIpc) is 2.84. The van der Waals surface area contributed by atoms with Gasteiger partial charge in [-0.3, -0.25) is 9.48 Å². The highest BCUT2D eigenvalue weighted by atomic mass is 16.4. The highest BCUT2D eigenvalue weighted by molar-refractivity contribution is 5.67. The maximum atomic E-state index is 10.5. The summed E-state index contributed by atoms with van der Waals surface area (Å²) in [5.41, 5.74) is 3.25. The molecule has 2 aromatic rings. The fourth-order valence-electron chi connectivity index (χ4n) is 2.10. The third-order valence-electron chi connectivity index (χ3n) is 3.10. The molecule has 0 saturated carbocycles. The summed E-state index contributed by atoms with van der Waals surface area (Å²) in [6, 6.07) is 8.01. The Morgan fingerprint density at radius 3 is 2.55 bits per heavy atom. The first kappa shape index (κ1) is 14.3. The highest BCUT2D eigenvalue weighted by Crippen LogP contribution is 2.20. The molecule has 0 amide bonds. The maximum absolute atomic E-state index is 10.5. The van der Waals surface area contributed by atoms with E-state index in [1.54, 1.807) is 0 Å². The van der Waals surface area contributed by atoms with Crippen molar-refractivity contribution in [2.24, 2.45) is 5.92 Å². The van der Waals surface area contributed by atoms with Crippen molar-refractivity contribution in [1.82, 2.24) is 9.78 Å². The first-order valence-electron chi connectivity index (χ1n) is 6.88. The molecule has 2 rings (SSSR count). The van der Waals surface area contributed by atoms with Crippen molar-refractivity contribution in [2.45, 2.75) is 33.2 Å². The number of hydrogen-bond acceptors (Lipinski definition) is 2. The number of nitrogens with zero attached hydrogens (tertiary/aromatic N) is 2. The molecular formula is C16H20N2O2. The van der Waals surface area contributed by atoms with Crippen LogP contribution >= 0.6 is 0 Å². The molecule has 0 aliphatic heterocycles. The van der Waals surface area contributed by atoms with E-state index in [1.807, 2.05) is 41.3 Å². The van der Waals surface area contributed by atoms with E-state index in [4.69, 9.17) is 5.11 Å². The van der Waals surface area contributed by atoms with Gasteiger partial charge in [-0.1, -0.05) is 38.1 Å². The second kappa shape index (κ2) is 6.37. The van der Waals surface area contributed by atoms with Crippen LogP contribution in [0.25, 0.3) is 11.1 Å². The average molecular weight is 272 g/mol. The van der Waals surface area contributed by atoms with Crippen molar-refractivity contribution in [2.75, 3.05) is 0 Å². The molecular weight excluding hydrogens is 252 g/mol. The third kappa shape index (κ3) is 3.95. The van der Waals surface area contributed by atoms with Crippen LogP contribution in [0.4, 0.5) is 0 Å². The lowest BCUT2D eigenvalue weighted by Crippen LogP contribution is -2.03. The molecule has 1 heterocycles. The number of hydrogen-bond donors (Lipinski definition) is 1. The van der Waals surface area contributed by atoms with Gasteiger partial charge >= 0.3 is 5.97 Å². The van der Waals surface area contributed by atoms with Gasteiger partial charge in [0.05, 0.1) is 6.20 Å². The van der Waals surface area contributed by atoms with Gasteiger partial charge in [0.25, 0.3) is 0 Å². The third-order valence-corrected chi connectivity index (χ3v) is 3.10. The smallest absolute Gasteiger partial charge is 0.303 e. The Labute approximate surface area is 119 Å². The van der Waals surface area contributed by atoms with E-state index < -0.39 is 5.97 Å². The molecule has 0 atom stereocenters. The zero-order chi connectivity index (χ0) is 14.5. The van der Waals surface area contributed by atoms with Gasteiger partial charge in [-0.2, -0.15) is 5.10 Å². The van der Waals surface area contributed by atoms with E-state index in [0.717, 1.165) is 23.2 Å². The Morgan fingerprint density at radius 1 is 1.25 bits per heavy atom. The molecule has 1 N–H and O–H groups in total. The zero-order valence-corrected chi connectivity index (χ0v) is 11.9. The number of carbonyl (C=O) groups is 1. The predicted molar refractivity (Wildman–Crippen MR) is 78.5 cm³/mol. The quantitative estimate of drug-likeness (QED) is 0.878. The number of carboxylic acid groups (broad SMARTS) is 1. The van der Waals surface area contributed by atoms with Crippen molar-refractivity contribution < 1.29 is 9.90 Å². The fourth-order valence-corrected chi connectivity index (χ4v) is 2.10. The number of rotatable bonds is 6. The molecule has 0 radical (unpaired) electrons. The topological polar surface area (TPSA) is 55.1 Å². The van der Waals surface area contributed by atoms with Crippen LogP contribution in [0.5, 0.6) is 0 Å². The van der Waals surface area contributed by atoms with Crippen molar-refractivity contribution >= 4 is 5.97 Å². The Bertz CT molecular complexity index is 570. The van der Waals surface area contributed by atoms with Gasteiger partial charge in [0.1, 0.15) is 0 Å². The molecule has 4 nitrogen and oxygen atoms in total. The summed E-state index contributed by atoms with van der Waals surface area (Å²) in [6.45, 7) is 5.24. The van der Waals surface area contributed by atoms with Crippen LogP contribution in [0.15, 0.2) is 36.7 Å². The fraction of sp³-hybridized carbons (Fsp3) is 0.375. The molecule has 0 aliphatic rings. The Balaban J connectivity index is 2.05. The Morgan fingerprint density at radius 2 is 1.95 bits per heavy atom. The SMILES string of the molecule is CC(C)Cn1cc(-c2ccc(CCC(=O)O)cc2)cn1. The van der Waals surface area contributed by atoms with Gasteiger partial charge in [-0.05, 0) is 23.5 Å². The minimum Gasteiger partial charge on any atom is -0.481 e. The Kier molecular flexibility index (Phi) is 4.56. The summed E-state index contributed by atoms with van der Waals surface area (Å²) in [6.07, 6.45) is 4.66. The molecule has 1 aromatic carbocycles. The lowest BCUT2D eigenvalue weighted by atomic mass is 10.0. The van der Waals surface area contributed by atoms with Crippen LogP contribution in [0.1, 0.15) is 25.8 Å². The van der Waals surface area contributed by atoms with E-state index in [9.17, 15) is 4.79 Å². The van der Waals surface area contributed by atoms with Crippen LogP contribution < -0.4 is 0 Å². The number of benzene rings is 1. The minimum absolute atomic E-state index is 0.172. The van der Waals surface area contributed by atoms with Gasteiger partial charge < -0.3 is 5.11 Å². The van der Waals surface area contributed by atoms with Crippen LogP contribution in [-0.2, 0) is 17.8 Å². The van der Waals surface area contributed by atoms with E-state index in [0.29, 0.717) is 12.3 Å². The van der Waals surface area contributed by atoms with Crippen LogP contribution in [0.2, 0.25) is 0 Å². The first-order chi connectivity index (χ1) is 9.54. The van der Waals surface area contributed by atoms with Crippen LogP contribution in [-0.4, -0.2) is 20.9 Å². The van der Waals surface area contributed by atoms with E-state index in [2.05, 4.69) is 18.9 Å². The molecule has 0 bridgehead atoms. The summed E-state index contributed by atoms with van der Waals surface area (Å²) in [7, 11) is 0. The number of carboxylic acids is 1. The number of aliphatic carboxylic acids is 1. The van der Waals surface area contributed by atoms with E-state index in [-0.39, 0.29) is 6.42 Å². The maximum Gasteiger partial charge on any atom is 0.303 e. The van der Waals surface area contributed by atoms with Crippen LogP contribution in [0, 0.1) is 5.92 Å². The summed E-state index contributed by atoms with van der Waals surface area (Å²) in [5.74, 6) is -0.190. The second-order valence-electron chi connectivity index (χ2n) is 5.44. The largest absolute Gasteiger partial charge is 0.481 e. The van der Waals surface area contributed by atoms with Gasteiger partial charge in [0.15, 0.2) is 0 Å². The number of aromatic nitrogens is 2. The van der Waals surface area contributed by atoms with Crippen molar-refractivity contribution in [3.63, 3.8) is 0 Å². The van der Waals surface area contributed by atoms with Crippen molar-refractivity contribution in [1.29, 1.82) is 0 Å². The molecule has 106 valence electrons. The van der Waals surface area contributed by atoms with Gasteiger partial charge in [0, 0.05) is 24.7 Å². The lowest BCUT2D eigenvalue weighted by molar-refractivity contribution is -0.136. The molecule has 4 heteroatoms. The summed E-state index contributed by atoms with van der Waals surface area (Å²) < 4.78 is 1.96. The predicted octanol–water partition coefficient (Wildman–Crippen LogP) is 3.22. The molecule has 0 fully saturated rings. The Hall–Kier alpha value is -2.10. The lowest BCUT2D eigenvalue weighted by Gasteiger charge is -2.04. The number of aryl methyl sites for hydroxylation is 1. The van der Waals surface area contributed by atoms with Gasteiger partial charge in [0.2, 0.25) is 0 Å². The standard InChI is InChI=1S/C16H20N2O2/c1-12(2)10-18-11-15(9-17-18)14-6-3-13(4-7-14)5-8-16(19)20/h3-4,6-7,9,11-12H,5,8,10H2,1-2H3,(H,19,20). The zero-order valence-electron chi connectivity index (χ0n) is 11.9. The normalized spacial score (nSPS) is 10.9. The molecule has 20 heavy (non-hydrogen) atoms. The monoisotopic (exact) mass is 272 g/mol. The summed E-state index contributed by atoms with van der Waals surface area (Å²) >= 11 is 0. The highest BCUT2D eigenvalue weighted by Gasteiger charge is 2.04. The summed E-state index contributed by atoms with van der Waals surface area (Å²) in [5, 5.41) is 13.0. The van der Waals surface area contributed by atoms with Crippen molar-refractivity contribution in [3.8, 4) is 11.1 Å². The van der Waals surface area contributed by atoms with E-state index in [1.165, 1.54) is 0 Å². The first-order valence-corrected chi connectivity index (χ1v) is 6.88. The van der Waals surface area contributed by atoms with E-state index >= 15 is 0 Å².